The molecule has 2 N–H and O–H groups in total. The van der Waals surface area contributed by atoms with Crippen LogP contribution in [0.15, 0.2) is 0 Å². The van der Waals surface area contributed by atoms with Gasteiger partial charge in [0.15, 0.2) is 0 Å². The van der Waals surface area contributed by atoms with Crippen LogP contribution in [-0.2, 0) is 16.5 Å². The van der Waals surface area contributed by atoms with Gasteiger partial charge >= 0.3 is 35.3 Å². The Morgan fingerprint density at radius 1 is 1.15 bits per heavy atom. The molecule has 2 nitrogen and oxygen atoms in total. The van der Waals surface area contributed by atoms with Crippen molar-refractivity contribution in [1.82, 2.24) is 0 Å². The van der Waals surface area contributed by atoms with Crippen molar-refractivity contribution < 1.29 is 16.5 Å². The molecule has 0 radical (unpaired) electrons. The fourth-order valence-corrected chi connectivity index (χ4v) is 1.20. The molecule has 0 aromatic heterocycles. The van der Waals surface area contributed by atoms with Crippen molar-refractivity contribution in [2.24, 2.45) is 5.41 Å². The Morgan fingerprint density at radius 3 is 1.62 bits per heavy atom. The second-order valence-electron chi connectivity index (χ2n) is 3.00. The zero-order valence-corrected chi connectivity index (χ0v) is 11.9. The van der Waals surface area contributed by atoms with Crippen molar-refractivity contribution in [3.05, 3.63) is 11.5 Å². The summed E-state index contributed by atoms with van der Waals surface area (Å²) in [6.45, 7) is 5.04. The van der Waals surface area contributed by atoms with E-state index in [1.54, 1.807) is 0 Å². The molecule has 0 heterocycles. The first kappa shape index (κ1) is 16.6. The van der Waals surface area contributed by atoms with E-state index in [0.717, 1.165) is 19.3 Å². The zero-order chi connectivity index (χ0) is 10.7. The van der Waals surface area contributed by atoms with E-state index < -0.39 is 16.5 Å². The van der Waals surface area contributed by atoms with Crippen LogP contribution in [0.3, 0.4) is 0 Å². The molecule has 0 rings (SSSR count). The molecular weight excluding hydrogens is 390 g/mol. The number of hydrogen-bond donors (Lipinski definition) is 0. The van der Waals surface area contributed by atoms with Crippen LogP contribution < -0.4 is 0 Å². The topological polar surface area (TPSA) is 47.6 Å². The average Bonchev–Trinajstić information content (AvgIpc) is 2.16. The predicted molar refractivity (Wildman–Crippen MR) is 57.7 cm³/mol. The first-order chi connectivity index (χ1) is 6.16. The third kappa shape index (κ3) is 8.20. The fraction of sp³-hybridized carbons (Fsp3) is 1.00. The zero-order valence-electron chi connectivity index (χ0n) is 8.11. The molecule has 0 bridgehead atoms. The van der Waals surface area contributed by atoms with Gasteiger partial charge in [-0.2, -0.15) is 0 Å². The molecule has 0 fully saturated rings. The maximum absolute atomic E-state index is 7.29. The van der Waals surface area contributed by atoms with Crippen LogP contribution in [0, 0.1) is 5.41 Å². The maximum atomic E-state index is 7.29. The van der Waals surface area contributed by atoms with Crippen molar-refractivity contribution in [2.45, 2.75) is 33.1 Å². The molecule has 0 aliphatic heterocycles. The Morgan fingerprint density at radius 2 is 1.54 bits per heavy atom. The van der Waals surface area contributed by atoms with Crippen LogP contribution >= 0.6 is 18.8 Å². The van der Waals surface area contributed by atoms with Crippen LogP contribution in [0.5, 0.6) is 0 Å². The molecule has 0 unspecified atom stereocenters. The van der Waals surface area contributed by atoms with E-state index in [1.165, 1.54) is 0 Å². The van der Waals surface area contributed by atoms with Crippen LogP contribution in [0.1, 0.15) is 33.1 Å². The SMILES string of the molecule is CCCC(CC)(C[NH-])C[NH-].[Cl][Pt+2][Cl]. The van der Waals surface area contributed by atoms with E-state index in [9.17, 15) is 0 Å². The Kier molecular flexibility index (Phi) is 14.4. The molecule has 13 heavy (non-hydrogen) atoms. The number of rotatable bonds is 5. The molecule has 5 heteroatoms. The van der Waals surface area contributed by atoms with Gasteiger partial charge in [-0.1, -0.05) is 38.5 Å². The molecule has 0 aliphatic rings. The average molecular weight is 408 g/mol. The van der Waals surface area contributed by atoms with E-state index in [0.29, 0.717) is 13.1 Å². The molecule has 0 amide bonds. The summed E-state index contributed by atoms with van der Waals surface area (Å²) in [6.07, 6.45) is 3.12. The summed E-state index contributed by atoms with van der Waals surface area (Å²) in [6, 6.07) is 0. The molecule has 0 aliphatic carbocycles. The molecule has 84 valence electrons. The molecule has 0 aromatic rings. The molecule has 0 saturated heterocycles. The van der Waals surface area contributed by atoms with Gasteiger partial charge in [-0.05, 0) is 0 Å². The van der Waals surface area contributed by atoms with Crippen molar-refractivity contribution in [1.29, 1.82) is 0 Å². The van der Waals surface area contributed by atoms with Gasteiger partial charge in [-0.25, -0.2) is 0 Å². The van der Waals surface area contributed by atoms with Crippen molar-refractivity contribution in [3.63, 3.8) is 0 Å². The second kappa shape index (κ2) is 11.3. The summed E-state index contributed by atoms with van der Waals surface area (Å²) in [4.78, 5) is 0. The van der Waals surface area contributed by atoms with Crippen molar-refractivity contribution in [2.75, 3.05) is 13.1 Å². The van der Waals surface area contributed by atoms with E-state index in [1.807, 2.05) is 0 Å². The normalized spacial score (nSPS) is 10.9. The van der Waals surface area contributed by atoms with Gasteiger partial charge in [0, 0.05) is 0 Å². The Labute approximate surface area is 98.1 Å². The van der Waals surface area contributed by atoms with Crippen LogP contribution in [0.25, 0.3) is 11.5 Å². The molecule has 0 atom stereocenters. The van der Waals surface area contributed by atoms with Crippen LogP contribution in [0.2, 0.25) is 0 Å². The Bertz CT molecular complexity index is 91.9. The van der Waals surface area contributed by atoms with Gasteiger partial charge in [0.1, 0.15) is 0 Å². The van der Waals surface area contributed by atoms with Crippen molar-refractivity contribution >= 4 is 18.8 Å². The van der Waals surface area contributed by atoms with E-state index in [-0.39, 0.29) is 5.41 Å². The van der Waals surface area contributed by atoms with Gasteiger partial charge in [0.2, 0.25) is 0 Å². The van der Waals surface area contributed by atoms with Gasteiger partial charge < -0.3 is 11.5 Å². The number of nitrogens with one attached hydrogen (secondary N) is 2. The minimum absolute atomic E-state index is 0.00868. The van der Waals surface area contributed by atoms with E-state index in [4.69, 9.17) is 30.3 Å². The predicted octanol–water partition coefficient (Wildman–Crippen LogP) is 4.66. The van der Waals surface area contributed by atoms with E-state index in [2.05, 4.69) is 13.8 Å². The van der Waals surface area contributed by atoms with Crippen LogP contribution in [0.4, 0.5) is 0 Å². The summed E-state index contributed by atoms with van der Waals surface area (Å²) in [5.41, 5.74) is 14.6. The summed E-state index contributed by atoms with van der Waals surface area (Å²) in [7, 11) is 9.75. The first-order valence-corrected chi connectivity index (χ1v) is 9.91. The van der Waals surface area contributed by atoms with E-state index >= 15 is 0 Å². The fourth-order valence-electron chi connectivity index (χ4n) is 1.20. The third-order valence-electron chi connectivity index (χ3n) is 2.28. The molecule has 0 saturated carbocycles. The summed E-state index contributed by atoms with van der Waals surface area (Å²) in [5.74, 6) is 0. The summed E-state index contributed by atoms with van der Waals surface area (Å²) >= 11 is -0.472. The molecule has 0 aromatic carbocycles. The standard InChI is InChI=1S/C8H18N2.2ClH.Pt/c1-3-5-8(4-2,6-9)7-10;;;/h9-10H,3-7H2,1-2H3;2*1H;/q-2;;;+4/p-2. The van der Waals surface area contributed by atoms with Gasteiger partial charge in [-0.3, -0.25) is 0 Å². The van der Waals surface area contributed by atoms with Crippen molar-refractivity contribution in [3.8, 4) is 0 Å². The Hall–Kier alpha value is 1.19. The van der Waals surface area contributed by atoms with Gasteiger partial charge in [0.25, 0.3) is 0 Å². The monoisotopic (exact) mass is 407 g/mol. The minimum atomic E-state index is -0.472. The number of hydrogen-bond acceptors (Lipinski definition) is 0. The van der Waals surface area contributed by atoms with Gasteiger partial charge in [-0.15, -0.1) is 13.1 Å². The first-order valence-electron chi connectivity index (χ1n) is 4.27. The summed E-state index contributed by atoms with van der Waals surface area (Å²) < 4.78 is 0. The number of halogens is 2. The summed E-state index contributed by atoms with van der Waals surface area (Å²) in [5, 5.41) is 0. The van der Waals surface area contributed by atoms with Crippen LogP contribution in [-0.4, -0.2) is 13.1 Å². The Balaban J connectivity index is 0. The third-order valence-corrected chi connectivity index (χ3v) is 2.28. The quantitative estimate of drug-likeness (QED) is 0.635. The molecular formula is C8H18Cl2N2Pt. The van der Waals surface area contributed by atoms with Gasteiger partial charge in [0.05, 0.1) is 0 Å². The molecule has 0 spiro atoms. The second-order valence-corrected chi connectivity index (χ2v) is 6.29.